The highest BCUT2D eigenvalue weighted by Crippen LogP contribution is 2.22. The number of methoxy groups -OCH3 is 2. The second kappa shape index (κ2) is 4.72. The molecule has 1 aliphatic rings. The number of benzene rings is 1. The van der Waals surface area contributed by atoms with Gasteiger partial charge in [-0.25, -0.2) is 0 Å². The minimum Gasteiger partial charge on any atom is -0.500 e. The molecule has 5 nitrogen and oxygen atoms in total. The number of hydrogen-bond acceptors (Lipinski definition) is 4. The van der Waals surface area contributed by atoms with E-state index in [2.05, 4.69) is 0 Å². The van der Waals surface area contributed by atoms with E-state index in [4.69, 9.17) is 9.47 Å². The number of hydrogen-bond donors (Lipinski definition) is 1. The number of fused-ring (bicyclic) bond motifs is 1. The molecule has 1 unspecified atom stereocenters. The third kappa shape index (κ3) is 2.14. The van der Waals surface area contributed by atoms with Gasteiger partial charge in [0.25, 0.3) is 10.1 Å². The van der Waals surface area contributed by atoms with Gasteiger partial charge in [-0.1, -0.05) is 24.3 Å². The van der Waals surface area contributed by atoms with Crippen LogP contribution in [0.5, 0.6) is 0 Å². The van der Waals surface area contributed by atoms with Gasteiger partial charge in [-0.3, -0.25) is 4.55 Å². The molecule has 1 aromatic carbocycles. The molecule has 18 heavy (non-hydrogen) atoms. The van der Waals surface area contributed by atoms with Crippen molar-refractivity contribution in [3.8, 4) is 0 Å². The topological polar surface area (TPSA) is 72.8 Å². The van der Waals surface area contributed by atoms with Crippen molar-refractivity contribution < 1.29 is 22.4 Å². The summed E-state index contributed by atoms with van der Waals surface area (Å²) in [4.78, 5) is -0.110. The van der Waals surface area contributed by atoms with Crippen LogP contribution in [0.1, 0.15) is 6.42 Å². The molecule has 0 amide bonds. The standard InChI is InChI=1S/C12H14O5S/c1-16-10-7-11(17-2)12(18(13,14)15)9-6-4-3-5-8(9)10/h3-6,11H,7H2,1-2H3,(H,13,14,15). The molecule has 6 heteroatoms. The number of ether oxygens (including phenoxy) is 2. The Morgan fingerprint density at radius 2 is 1.83 bits per heavy atom. The maximum Gasteiger partial charge on any atom is 0.293 e. The average Bonchev–Trinajstić information content (AvgIpc) is 2.35. The Bertz CT molecular complexity index is 675. The van der Waals surface area contributed by atoms with Crippen molar-refractivity contribution in [1.29, 1.82) is 0 Å². The molecule has 1 atom stereocenters. The van der Waals surface area contributed by atoms with E-state index in [0.717, 1.165) is 0 Å². The molecule has 0 aliphatic heterocycles. The highest BCUT2D eigenvalue weighted by atomic mass is 32.2. The predicted octanol–water partition coefficient (Wildman–Crippen LogP) is -0.144. The van der Waals surface area contributed by atoms with Crippen LogP contribution in [0.15, 0.2) is 24.3 Å². The largest absolute Gasteiger partial charge is 0.500 e. The maximum absolute atomic E-state index is 11.5. The highest BCUT2D eigenvalue weighted by Gasteiger charge is 2.30. The molecule has 1 N–H and O–H groups in total. The lowest BCUT2D eigenvalue weighted by Crippen LogP contribution is -2.40. The molecule has 0 heterocycles. The van der Waals surface area contributed by atoms with Crippen molar-refractivity contribution in [3.05, 3.63) is 34.7 Å². The first-order chi connectivity index (χ1) is 8.49. The van der Waals surface area contributed by atoms with E-state index in [-0.39, 0.29) is 11.3 Å². The maximum atomic E-state index is 11.5. The van der Waals surface area contributed by atoms with Crippen LogP contribution in [0, 0.1) is 0 Å². The summed E-state index contributed by atoms with van der Waals surface area (Å²) in [6, 6.07) is 6.87. The minimum atomic E-state index is -4.31. The Kier molecular flexibility index (Phi) is 3.43. The summed E-state index contributed by atoms with van der Waals surface area (Å²) >= 11 is 0. The fraction of sp³-hybridized carbons (Fsp3) is 0.333. The monoisotopic (exact) mass is 270 g/mol. The predicted molar refractivity (Wildman–Crippen MR) is 66.5 cm³/mol. The summed E-state index contributed by atoms with van der Waals surface area (Å²) in [5.41, 5.74) is 0. The van der Waals surface area contributed by atoms with Gasteiger partial charge in [-0.15, -0.1) is 0 Å². The molecule has 1 aliphatic carbocycles. The zero-order chi connectivity index (χ0) is 13.3. The first kappa shape index (κ1) is 13.1. The lowest BCUT2D eigenvalue weighted by atomic mass is 10.0. The van der Waals surface area contributed by atoms with Gasteiger partial charge in [0, 0.05) is 24.0 Å². The van der Waals surface area contributed by atoms with E-state index in [9.17, 15) is 13.0 Å². The van der Waals surface area contributed by atoms with E-state index in [0.29, 0.717) is 16.2 Å². The van der Waals surface area contributed by atoms with Gasteiger partial charge in [-0.2, -0.15) is 8.42 Å². The smallest absolute Gasteiger partial charge is 0.293 e. The molecular weight excluding hydrogens is 256 g/mol. The van der Waals surface area contributed by atoms with Gasteiger partial charge >= 0.3 is 0 Å². The molecule has 0 bridgehead atoms. The molecule has 0 saturated heterocycles. The van der Waals surface area contributed by atoms with Crippen molar-refractivity contribution >= 4 is 20.8 Å². The van der Waals surface area contributed by atoms with Crippen LogP contribution in [0.3, 0.4) is 0 Å². The molecular formula is C12H14O5S. The molecule has 0 radical (unpaired) electrons. The lowest BCUT2D eigenvalue weighted by molar-refractivity contribution is 0.143. The Morgan fingerprint density at radius 1 is 1.22 bits per heavy atom. The second-order valence-electron chi connectivity index (χ2n) is 3.94. The van der Waals surface area contributed by atoms with Crippen molar-refractivity contribution in [2.24, 2.45) is 0 Å². The molecule has 2 rings (SSSR count). The van der Waals surface area contributed by atoms with Gasteiger partial charge < -0.3 is 9.47 Å². The van der Waals surface area contributed by atoms with Gasteiger partial charge in [0.1, 0.15) is 16.8 Å². The molecule has 0 spiro atoms. The summed E-state index contributed by atoms with van der Waals surface area (Å²) in [7, 11) is -1.38. The molecule has 98 valence electrons. The van der Waals surface area contributed by atoms with Gasteiger partial charge in [-0.05, 0) is 0 Å². The summed E-state index contributed by atoms with van der Waals surface area (Å²) in [6.45, 7) is 0. The van der Waals surface area contributed by atoms with E-state index in [1.54, 1.807) is 24.3 Å². The van der Waals surface area contributed by atoms with Crippen LogP contribution in [-0.2, 0) is 19.6 Å². The Morgan fingerprint density at radius 3 is 2.33 bits per heavy atom. The average molecular weight is 270 g/mol. The van der Waals surface area contributed by atoms with E-state index in [1.807, 2.05) is 0 Å². The second-order valence-corrected chi connectivity index (χ2v) is 5.33. The van der Waals surface area contributed by atoms with Crippen LogP contribution in [-0.4, -0.2) is 33.3 Å². The van der Waals surface area contributed by atoms with Crippen molar-refractivity contribution in [2.75, 3.05) is 14.2 Å². The van der Waals surface area contributed by atoms with E-state index >= 15 is 0 Å². The first-order valence-electron chi connectivity index (χ1n) is 5.35. The molecule has 0 aromatic heterocycles. The van der Waals surface area contributed by atoms with Crippen LogP contribution in [0.25, 0.3) is 10.7 Å². The molecule has 0 fully saturated rings. The van der Waals surface area contributed by atoms with Crippen LogP contribution in [0.2, 0.25) is 0 Å². The van der Waals surface area contributed by atoms with Crippen molar-refractivity contribution in [2.45, 2.75) is 12.5 Å². The Labute approximate surface area is 105 Å². The third-order valence-electron chi connectivity index (χ3n) is 2.96. The normalized spacial score (nSPS) is 19.6. The highest BCUT2D eigenvalue weighted by molar-refractivity contribution is 7.95. The molecule has 1 aromatic rings. The van der Waals surface area contributed by atoms with Crippen LogP contribution in [0.4, 0.5) is 0 Å². The Hall–Kier alpha value is -1.37. The Balaban J connectivity index is 2.95. The van der Waals surface area contributed by atoms with Gasteiger partial charge in [0.05, 0.1) is 7.11 Å². The fourth-order valence-corrected chi connectivity index (χ4v) is 3.14. The van der Waals surface area contributed by atoms with Crippen molar-refractivity contribution in [3.63, 3.8) is 0 Å². The van der Waals surface area contributed by atoms with E-state index < -0.39 is 16.2 Å². The summed E-state index contributed by atoms with van der Waals surface area (Å²) in [5.74, 6) is 0.643. The van der Waals surface area contributed by atoms with Crippen molar-refractivity contribution in [1.82, 2.24) is 0 Å². The van der Waals surface area contributed by atoms with E-state index in [1.165, 1.54) is 14.2 Å². The third-order valence-corrected chi connectivity index (χ3v) is 4.00. The summed E-state index contributed by atoms with van der Waals surface area (Å²) in [6.07, 6.45) is -0.455. The molecule has 0 saturated carbocycles. The lowest BCUT2D eigenvalue weighted by Gasteiger charge is -2.22. The quantitative estimate of drug-likeness (QED) is 0.774. The summed E-state index contributed by atoms with van der Waals surface area (Å²) < 4.78 is 42.8. The first-order valence-corrected chi connectivity index (χ1v) is 6.79. The number of rotatable bonds is 3. The SMILES string of the molecule is COC1=c2ccccc2=C(S(=O)(=O)O)C(OC)C1. The van der Waals surface area contributed by atoms with Crippen LogP contribution >= 0.6 is 0 Å². The minimum absolute atomic E-state index is 0.110. The summed E-state index contributed by atoms with van der Waals surface area (Å²) in [5, 5.41) is 1.09. The van der Waals surface area contributed by atoms with Gasteiger partial charge in [0.15, 0.2) is 0 Å². The van der Waals surface area contributed by atoms with Crippen LogP contribution < -0.4 is 10.4 Å². The fourth-order valence-electron chi connectivity index (χ4n) is 2.17. The zero-order valence-electron chi connectivity index (χ0n) is 10.1. The zero-order valence-corrected chi connectivity index (χ0v) is 10.9. The van der Waals surface area contributed by atoms with Gasteiger partial charge in [0.2, 0.25) is 0 Å².